The third-order valence-corrected chi connectivity index (χ3v) is 3.16. The number of ether oxygens (including phenoxy) is 2. The van der Waals surface area contributed by atoms with Gasteiger partial charge in [0.15, 0.2) is 0 Å². The fourth-order valence-corrected chi connectivity index (χ4v) is 2.22. The molecule has 1 aromatic carbocycles. The SMILES string of the molecule is COC(=O)c1c(C)[nH]c(-c2ccccc2OC)nc1=S. The maximum atomic E-state index is 11.7. The predicted molar refractivity (Wildman–Crippen MR) is 77.5 cm³/mol. The lowest BCUT2D eigenvalue weighted by atomic mass is 10.1. The molecule has 2 rings (SSSR count). The molecular formula is C14H14N2O3S. The highest BCUT2D eigenvalue weighted by Gasteiger charge is 2.16. The van der Waals surface area contributed by atoms with Gasteiger partial charge in [0.1, 0.15) is 21.8 Å². The van der Waals surface area contributed by atoms with E-state index in [1.165, 1.54) is 7.11 Å². The standard InChI is InChI=1S/C14H14N2O3S/c1-8-11(14(17)19-3)13(20)16-12(15-8)9-6-4-5-7-10(9)18-2/h4-7H,1-3H3,(H,15,16,20). The van der Waals surface area contributed by atoms with E-state index in [0.717, 1.165) is 5.56 Å². The Bertz CT molecular complexity index is 710. The van der Waals surface area contributed by atoms with Crippen molar-refractivity contribution in [3.63, 3.8) is 0 Å². The number of benzene rings is 1. The Hall–Kier alpha value is -2.21. The molecule has 6 heteroatoms. The Morgan fingerprint density at radius 1 is 1.30 bits per heavy atom. The summed E-state index contributed by atoms with van der Waals surface area (Å²) in [5.41, 5.74) is 1.67. The van der Waals surface area contributed by atoms with Gasteiger partial charge in [-0.2, -0.15) is 0 Å². The molecular weight excluding hydrogens is 276 g/mol. The van der Waals surface area contributed by atoms with E-state index in [-0.39, 0.29) is 10.2 Å². The topological polar surface area (TPSA) is 64.2 Å². The third kappa shape index (κ3) is 2.55. The maximum Gasteiger partial charge on any atom is 0.342 e. The quantitative estimate of drug-likeness (QED) is 0.695. The smallest absolute Gasteiger partial charge is 0.342 e. The van der Waals surface area contributed by atoms with Crippen molar-refractivity contribution in [2.75, 3.05) is 14.2 Å². The van der Waals surface area contributed by atoms with Crippen molar-refractivity contribution in [3.8, 4) is 17.1 Å². The molecule has 1 N–H and O–H groups in total. The lowest BCUT2D eigenvalue weighted by Gasteiger charge is -2.10. The molecule has 0 aliphatic rings. The fraction of sp³-hybridized carbons (Fsp3) is 0.214. The lowest BCUT2D eigenvalue weighted by molar-refractivity contribution is 0.0598. The summed E-state index contributed by atoms with van der Waals surface area (Å²) in [5.74, 6) is 0.733. The molecule has 0 aliphatic heterocycles. The van der Waals surface area contributed by atoms with E-state index in [9.17, 15) is 4.79 Å². The summed E-state index contributed by atoms with van der Waals surface area (Å²) in [7, 11) is 2.90. The number of H-pyrrole nitrogens is 1. The first-order valence-electron chi connectivity index (χ1n) is 5.91. The highest BCUT2D eigenvalue weighted by molar-refractivity contribution is 7.71. The van der Waals surface area contributed by atoms with Gasteiger partial charge in [-0.05, 0) is 19.1 Å². The van der Waals surface area contributed by atoms with Crippen LogP contribution in [-0.2, 0) is 4.74 Å². The van der Waals surface area contributed by atoms with E-state index in [0.29, 0.717) is 17.3 Å². The second kappa shape index (κ2) is 5.83. The summed E-state index contributed by atoms with van der Waals surface area (Å²) >= 11 is 5.18. The van der Waals surface area contributed by atoms with Crippen LogP contribution >= 0.6 is 12.2 Å². The molecule has 0 aliphatic carbocycles. The van der Waals surface area contributed by atoms with Gasteiger partial charge in [-0.1, -0.05) is 24.4 Å². The van der Waals surface area contributed by atoms with Gasteiger partial charge in [0, 0.05) is 5.69 Å². The summed E-state index contributed by atoms with van der Waals surface area (Å²) in [6.07, 6.45) is 0. The molecule has 0 atom stereocenters. The van der Waals surface area contributed by atoms with Crippen LogP contribution in [0.2, 0.25) is 0 Å². The molecule has 104 valence electrons. The molecule has 20 heavy (non-hydrogen) atoms. The van der Waals surface area contributed by atoms with Crippen molar-refractivity contribution < 1.29 is 14.3 Å². The maximum absolute atomic E-state index is 11.7. The Morgan fingerprint density at radius 3 is 2.60 bits per heavy atom. The van der Waals surface area contributed by atoms with Crippen LogP contribution < -0.4 is 4.74 Å². The zero-order valence-electron chi connectivity index (χ0n) is 11.4. The van der Waals surface area contributed by atoms with Crippen LogP contribution in [0.4, 0.5) is 0 Å². The number of aromatic nitrogens is 2. The average molecular weight is 290 g/mol. The normalized spacial score (nSPS) is 10.2. The van der Waals surface area contributed by atoms with Crippen LogP contribution in [0.3, 0.4) is 0 Å². The molecule has 0 spiro atoms. The summed E-state index contributed by atoms with van der Waals surface area (Å²) in [6, 6.07) is 7.44. The Balaban J connectivity index is 2.61. The number of para-hydroxylation sites is 1. The van der Waals surface area contributed by atoms with Gasteiger partial charge in [-0.25, -0.2) is 9.78 Å². The number of nitrogens with zero attached hydrogens (tertiary/aromatic N) is 1. The summed E-state index contributed by atoms with van der Waals surface area (Å²) in [5, 5.41) is 0. The van der Waals surface area contributed by atoms with E-state index in [2.05, 4.69) is 9.97 Å². The van der Waals surface area contributed by atoms with Crippen molar-refractivity contribution in [2.24, 2.45) is 0 Å². The summed E-state index contributed by atoms with van der Waals surface area (Å²) in [4.78, 5) is 19.0. The zero-order chi connectivity index (χ0) is 14.7. The Morgan fingerprint density at radius 2 is 2.00 bits per heavy atom. The van der Waals surface area contributed by atoms with Crippen LogP contribution in [0.25, 0.3) is 11.4 Å². The van der Waals surface area contributed by atoms with E-state index in [1.54, 1.807) is 14.0 Å². The molecule has 0 amide bonds. The highest BCUT2D eigenvalue weighted by Crippen LogP contribution is 2.27. The van der Waals surface area contributed by atoms with Gasteiger partial charge < -0.3 is 14.5 Å². The number of nitrogens with one attached hydrogen (secondary N) is 1. The number of methoxy groups -OCH3 is 2. The van der Waals surface area contributed by atoms with Crippen LogP contribution in [0.5, 0.6) is 5.75 Å². The van der Waals surface area contributed by atoms with Crippen molar-refractivity contribution >= 4 is 18.2 Å². The average Bonchev–Trinajstić information content (AvgIpc) is 2.46. The number of aromatic amines is 1. The molecule has 2 aromatic rings. The van der Waals surface area contributed by atoms with Gasteiger partial charge in [0.2, 0.25) is 0 Å². The van der Waals surface area contributed by atoms with E-state index >= 15 is 0 Å². The van der Waals surface area contributed by atoms with E-state index < -0.39 is 5.97 Å². The van der Waals surface area contributed by atoms with Crippen LogP contribution in [0.15, 0.2) is 24.3 Å². The van der Waals surface area contributed by atoms with Crippen molar-refractivity contribution in [1.29, 1.82) is 0 Å². The lowest BCUT2D eigenvalue weighted by Crippen LogP contribution is -2.09. The van der Waals surface area contributed by atoms with Crippen LogP contribution in [0.1, 0.15) is 16.1 Å². The molecule has 1 aromatic heterocycles. The minimum absolute atomic E-state index is 0.203. The first-order valence-corrected chi connectivity index (χ1v) is 6.32. The fourth-order valence-electron chi connectivity index (χ4n) is 1.90. The van der Waals surface area contributed by atoms with Gasteiger partial charge in [-0.15, -0.1) is 0 Å². The largest absolute Gasteiger partial charge is 0.496 e. The molecule has 0 bridgehead atoms. The number of carbonyl (C=O) groups is 1. The number of esters is 1. The molecule has 0 radical (unpaired) electrons. The molecule has 0 unspecified atom stereocenters. The first kappa shape index (κ1) is 14.2. The minimum atomic E-state index is -0.497. The summed E-state index contributed by atoms with van der Waals surface area (Å²) < 4.78 is 10.2. The second-order valence-electron chi connectivity index (χ2n) is 4.08. The van der Waals surface area contributed by atoms with Crippen molar-refractivity contribution in [3.05, 3.63) is 40.2 Å². The monoisotopic (exact) mass is 290 g/mol. The zero-order valence-corrected chi connectivity index (χ0v) is 12.2. The van der Waals surface area contributed by atoms with Crippen LogP contribution in [-0.4, -0.2) is 30.2 Å². The van der Waals surface area contributed by atoms with E-state index in [1.807, 2.05) is 24.3 Å². The first-order chi connectivity index (χ1) is 9.58. The third-order valence-electron chi connectivity index (χ3n) is 2.86. The van der Waals surface area contributed by atoms with Crippen LogP contribution in [0, 0.1) is 11.6 Å². The number of carbonyl (C=O) groups excluding carboxylic acids is 1. The van der Waals surface area contributed by atoms with Gasteiger partial charge >= 0.3 is 5.97 Å². The van der Waals surface area contributed by atoms with Crippen molar-refractivity contribution in [2.45, 2.75) is 6.92 Å². The summed E-state index contributed by atoms with van der Waals surface area (Å²) in [6.45, 7) is 1.75. The molecule has 0 fully saturated rings. The molecule has 5 nitrogen and oxygen atoms in total. The Kier molecular flexibility index (Phi) is 4.14. The Labute approximate surface area is 121 Å². The van der Waals surface area contributed by atoms with Gasteiger partial charge in [0.25, 0.3) is 0 Å². The minimum Gasteiger partial charge on any atom is -0.496 e. The predicted octanol–water partition coefficient (Wildman–Crippen LogP) is 2.91. The molecule has 1 heterocycles. The van der Waals surface area contributed by atoms with E-state index in [4.69, 9.17) is 21.7 Å². The highest BCUT2D eigenvalue weighted by atomic mass is 32.1. The second-order valence-corrected chi connectivity index (χ2v) is 4.47. The van der Waals surface area contributed by atoms with Gasteiger partial charge in [-0.3, -0.25) is 0 Å². The molecule has 0 saturated carbocycles. The van der Waals surface area contributed by atoms with Crippen molar-refractivity contribution in [1.82, 2.24) is 9.97 Å². The number of hydrogen-bond acceptors (Lipinski definition) is 5. The van der Waals surface area contributed by atoms with Gasteiger partial charge in [0.05, 0.1) is 19.8 Å². The molecule has 0 saturated heterocycles. The number of hydrogen-bond donors (Lipinski definition) is 1. The number of rotatable bonds is 3. The number of aryl methyl sites for hydroxylation is 1.